The lowest BCUT2D eigenvalue weighted by atomic mass is 10.1. The van der Waals surface area contributed by atoms with Gasteiger partial charge < -0.3 is 10.1 Å². The van der Waals surface area contributed by atoms with E-state index in [1.54, 1.807) is 49.4 Å². The van der Waals surface area contributed by atoms with E-state index in [0.29, 0.717) is 29.1 Å². The van der Waals surface area contributed by atoms with Crippen LogP contribution in [0.5, 0.6) is 5.75 Å². The molecule has 0 aliphatic rings. The summed E-state index contributed by atoms with van der Waals surface area (Å²) in [6.45, 7) is 4.17. The highest BCUT2D eigenvalue weighted by Gasteiger charge is 2.14. The van der Waals surface area contributed by atoms with Gasteiger partial charge in [0.25, 0.3) is 5.91 Å². The average Bonchev–Trinajstić information content (AvgIpc) is 2.50. The zero-order chi connectivity index (χ0) is 17.7. The third-order valence-corrected chi connectivity index (χ3v) is 3.89. The molecule has 2 N–H and O–H groups in total. The van der Waals surface area contributed by atoms with Crippen molar-refractivity contribution in [3.63, 3.8) is 0 Å². The van der Waals surface area contributed by atoms with E-state index in [4.69, 9.17) is 4.74 Å². The summed E-state index contributed by atoms with van der Waals surface area (Å²) in [6.07, 6.45) is 1.07. The second-order valence-electron chi connectivity index (χ2n) is 5.26. The number of amides is 1. The SMILES string of the molecule is CCOc1ccc(NC(=O)c2cccc(NS(C)(=O)=O)c2C)cc1. The fraction of sp³-hybridized carbons (Fsp3) is 0.235. The molecule has 0 aromatic heterocycles. The minimum atomic E-state index is -3.41. The van der Waals surface area contributed by atoms with Crippen LogP contribution in [0.4, 0.5) is 11.4 Å². The molecule has 0 saturated heterocycles. The Morgan fingerprint density at radius 2 is 1.79 bits per heavy atom. The topological polar surface area (TPSA) is 84.5 Å². The molecule has 1 amide bonds. The van der Waals surface area contributed by atoms with E-state index in [-0.39, 0.29) is 5.91 Å². The van der Waals surface area contributed by atoms with Gasteiger partial charge in [0.1, 0.15) is 5.75 Å². The number of carbonyl (C=O) groups is 1. The summed E-state index contributed by atoms with van der Waals surface area (Å²) < 4.78 is 30.5. The molecule has 7 heteroatoms. The van der Waals surface area contributed by atoms with Crippen LogP contribution in [0.1, 0.15) is 22.8 Å². The van der Waals surface area contributed by atoms with Crippen LogP contribution in [0.3, 0.4) is 0 Å². The molecule has 0 bridgehead atoms. The number of carbonyl (C=O) groups excluding carboxylic acids is 1. The Morgan fingerprint density at radius 1 is 1.12 bits per heavy atom. The second-order valence-corrected chi connectivity index (χ2v) is 7.01. The maximum atomic E-state index is 12.4. The second kappa shape index (κ2) is 7.35. The van der Waals surface area contributed by atoms with Crippen LogP contribution in [-0.4, -0.2) is 27.2 Å². The first-order valence-corrected chi connectivity index (χ1v) is 9.31. The highest BCUT2D eigenvalue weighted by Crippen LogP contribution is 2.22. The molecule has 0 spiro atoms. The zero-order valence-electron chi connectivity index (χ0n) is 13.8. The Bertz CT molecular complexity index is 830. The first-order chi connectivity index (χ1) is 11.3. The van der Waals surface area contributed by atoms with E-state index in [1.807, 2.05) is 6.92 Å². The van der Waals surface area contributed by atoms with E-state index < -0.39 is 10.0 Å². The molecule has 24 heavy (non-hydrogen) atoms. The van der Waals surface area contributed by atoms with Crippen molar-refractivity contribution in [1.82, 2.24) is 0 Å². The van der Waals surface area contributed by atoms with Crippen LogP contribution < -0.4 is 14.8 Å². The van der Waals surface area contributed by atoms with Gasteiger partial charge in [-0.25, -0.2) is 8.42 Å². The molecule has 0 aliphatic heterocycles. The predicted octanol–water partition coefficient (Wildman–Crippen LogP) is 3.02. The Balaban J connectivity index is 2.19. The number of hydrogen-bond donors (Lipinski definition) is 2. The van der Waals surface area contributed by atoms with Crippen LogP contribution in [0, 0.1) is 6.92 Å². The number of rotatable bonds is 6. The minimum absolute atomic E-state index is 0.311. The third-order valence-electron chi connectivity index (χ3n) is 3.30. The summed E-state index contributed by atoms with van der Waals surface area (Å²) in [5.41, 5.74) is 1.98. The van der Waals surface area contributed by atoms with Crippen molar-refractivity contribution in [2.24, 2.45) is 0 Å². The Morgan fingerprint density at radius 3 is 2.38 bits per heavy atom. The average molecular weight is 348 g/mol. The maximum Gasteiger partial charge on any atom is 0.256 e. The van der Waals surface area contributed by atoms with Gasteiger partial charge >= 0.3 is 0 Å². The van der Waals surface area contributed by atoms with E-state index in [0.717, 1.165) is 12.0 Å². The largest absolute Gasteiger partial charge is 0.494 e. The molecule has 2 aromatic rings. The van der Waals surface area contributed by atoms with Gasteiger partial charge in [0.15, 0.2) is 0 Å². The Labute approximate surface area is 141 Å². The van der Waals surface area contributed by atoms with Crippen molar-refractivity contribution in [2.75, 3.05) is 22.9 Å². The third kappa shape index (κ3) is 4.73. The summed E-state index contributed by atoms with van der Waals surface area (Å²) >= 11 is 0. The Hall–Kier alpha value is -2.54. The van der Waals surface area contributed by atoms with Crippen molar-refractivity contribution in [2.45, 2.75) is 13.8 Å². The minimum Gasteiger partial charge on any atom is -0.494 e. The molecule has 0 saturated carbocycles. The highest BCUT2D eigenvalue weighted by atomic mass is 32.2. The number of ether oxygens (including phenoxy) is 1. The van der Waals surface area contributed by atoms with Crippen LogP contribution in [-0.2, 0) is 10.0 Å². The summed E-state index contributed by atoms with van der Waals surface area (Å²) in [5.74, 6) is 0.417. The fourth-order valence-corrected chi connectivity index (χ4v) is 2.81. The van der Waals surface area contributed by atoms with Gasteiger partial charge in [0.05, 0.1) is 18.6 Å². The van der Waals surface area contributed by atoms with Crippen molar-refractivity contribution < 1.29 is 17.9 Å². The van der Waals surface area contributed by atoms with Crippen molar-refractivity contribution in [3.8, 4) is 5.75 Å². The number of hydrogen-bond acceptors (Lipinski definition) is 4. The molecule has 128 valence electrons. The van der Waals surface area contributed by atoms with Gasteiger partial charge in [-0.2, -0.15) is 0 Å². The lowest BCUT2D eigenvalue weighted by molar-refractivity contribution is 0.102. The van der Waals surface area contributed by atoms with E-state index in [2.05, 4.69) is 10.0 Å². The van der Waals surface area contributed by atoms with Gasteiger partial charge in [-0.3, -0.25) is 9.52 Å². The van der Waals surface area contributed by atoms with E-state index in [9.17, 15) is 13.2 Å². The molecular formula is C17H20N2O4S. The molecule has 2 rings (SSSR count). The Kier molecular flexibility index (Phi) is 5.46. The quantitative estimate of drug-likeness (QED) is 0.840. The monoisotopic (exact) mass is 348 g/mol. The standard InChI is InChI=1S/C17H20N2O4S/c1-4-23-14-10-8-13(9-11-14)18-17(20)15-6-5-7-16(12(15)2)19-24(3,21)22/h5-11,19H,4H2,1-3H3,(H,18,20). The fourth-order valence-electron chi connectivity index (χ4n) is 2.19. The maximum absolute atomic E-state index is 12.4. The van der Waals surface area contributed by atoms with Crippen LogP contribution in [0.25, 0.3) is 0 Å². The summed E-state index contributed by atoms with van der Waals surface area (Å²) in [7, 11) is -3.41. The van der Waals surface area contributed by atoms with Gasteiger partial charge in [-0.1, -0.05) is 6.07 Å². The van der Waals surface area contributed by atoms with Crippen molar-refractivity contribution >= 4 is 27.3 Å². The smallest absolute Gasteiger partial charge is 0.256 e. The summed E-state index contributed by atoms with van der Waals surface area (Å²) in [5, 5.41) is 2.79. The van der Waals surface area contributed by atoms with Gasteiger partial charge in [0, 0.05) is 11.3 Å². The van der Waals surface area contributed by atoms with Gasteiger partial charge in [-0.15, -0.1) is 0 Å². The van der Waals surface area contributed by atoms with Crippen molar-refractivity contribution in [3.05, 3.63) is 53.6 Å². The first-order valence-electron chi connectivity index (χ1n) is 7.42. The van der Waals surface area contributed by atoms with Gasteiger partial charge in [0.2, 0.25) is 10.0 Å². The number of nitrogens with one attached hydrogen (secondary N) is 2. The summed E-state index contributed by atoms with van der Waals surface area (Å²) in [6, 6.07) is 11.9. The molecule has 0 atom stereocenters. The van der Waals surface area contributed by atoms with Crippen LogP contribution in [0.15, 0.2) is 42.5 Å². The van der Waals surface area contributed by atoms with Crippen molar-refractivity contribution in [1.29, 1.82) is 0 Å². The molecule has 0 radical (unpaired) electrons. The number of sulfonamides is 1. The number of anilines is 2. The van der Waals surface area contributed by atoms with E-state index >= 15 is 0 Å². The predicted molar refractivity (Wildman–Crippen MR) is 95.2 cm³/mol. The molecule has 0 heterocycles. The first kappa shape index (κ1) is 17.8. The normalized spacial score (nSPS) is 11.0. The van der Waals surface area contributed by atoms with E-state index in [1.165, 1.54) is 0 Å². The molecule has 0 unspecified atom stereocenters. The lowest BCUT2D eigenvalue weighted by Crippen LogP contribution is -2.16. The number of benzene rings is 2. The summed E-state index contributed by atoms with van der Waals surface area (Å²) in [4.78, 5) is 12.4. The van der Waals surface area contributed by atoms with Crippen LogP contribution >= 0.6 is 0 Å². The molecule has 0 fully saturated rings. The molecule has 2 aromatic carbocycles. The molecular weight excluding hydrogens is 328 g/mol. The van der Waals surface area contributed by atoms with Crippen LogP contribution in [0.2, 0.25) is 0 Å². The molecule has 0 aliphatic carbocycles. The highest BCUT2D eigenvalue weighted by molar-refractivity contribution is 7.92. The lowest BCUT2D eigenvalue weighted by Gasteiger charge is -2.12. The zero-order valence-corrected chi connectivity index (χ0v) is 14.6. The molecule has 6 nitrogen and oxygen atoms in total. The van der Waals surface area contributed by atoms with Gasteiger partial charge in [-0.05, 0) is 55.8 Å².